The molecule has 5 rings (SSSR count). The molecule has 4 nitrogen and oxygen atoms in total. The molecule has 140 valence electrons. The maximum Gasteiger partial charge on any atom is 0.147 e. The SMILES string of the molecule is Cc1ccc(CN2CCC3CCN(c4nc5c(cc4C#N)CCC5)C3C2)s1. The molecule has 0 bridgehead atoms. The van der Waals surface area contributed by atoms with Crippen LogP contribution in [0.15, 0.2) is 18.2 Å². The molecule has 0 N–H and O–H groups in total. The van der Waals surface area contributed by atoms with Gasteiger partial charge in [0.15, 0.2) is 0 Å². The molecular weight excluding hydrogens is 352 g/mol. The summed E-state index contributed by atoms with van der Waals surface area (Å²) in [6, 6.07) is 9.55. The number of aryl methyl sites for hydroxylation is 3. The average molecular weight is 379 g/mol. The summed E-state index contributed by atoms with van der Waals surface area (Å²) in [5, 5.41) is 9.73. The summed E-state index contributed by atoms with van der Waals surface area (Å²) in [7, 11) is 0. The van der Waals surface area contributed by atoms with Crippen LogP contribution in [-0.2, 0) is 19.4 Å². The van der Waals surface area contributed by atoms with Gasteiger partial charge in [-0.05, 0) is 75.3 Å². The molecule has 2 atom stereocenters. The highest BCUT2D eigenvalue weighted by atomic mass is 32.1. The zero-order chi connectivity index (χ0) is 18.4. The quantitative estimate of drug-likeness (QED) is 0.812. The topological polar surface area (TPSA) is 43.2 Å². The van der Waals surface area contributed by atoms with Crippen molar-refractivity contribution in [3.8, 4) is 6.07 Å². The Balaban J connectivity index is 1.39. The van der Waals surface area contributed by atoms with Crippen molar-refractivity contribution >= 4 is 17.2 Å². The van der Waals surface area contributed by atoms with Gasteiger partial charge >= 0.3 is 0 Å². The number of hydrogen-bond acceptors (Lipinski definition) is 5. The first kappa shape index (κ1) is 17.2. The van der Waals surface area contributed by atoms with E-state index in [1.165, 1.54) is 46.8 Å². The van der Waals surface area contributed by atoms with Gasteiger partial charge in [-0.1, -0.05) is 0 Å². The molecule has 0 radical (unpaired) electrons. The second kappa shape index (κ2) is 6.92. The van der Waals surface area contributed by atoms with Crippen LogP contribution in [0.2, 0.25) is 0 Å². The zero-order valence-corrected chi connectivity index (χ0v) is 16.8. The van der Waals surface area contributed by atoms with Gasteiger partial charge in [0, 0.05) is 41.1 Å². The summed E-state index contributed by atoms with van der Waals surface area (Å²) in [6.45, 7) is 6.56. The number of rotatable bonds is 3. The number of nitrogens with zero attached hydrogens (tertiary/aromatic N) is 4. The number of nitriles is 1. The molecule has 2 aromatic rings. The first-order chi connectivity index (χ1) is 13.2. The molecule has 5 heteroatoms. The number of pyridine rings is 1. The highest BCUT2D eigenvalue weighted by Crippen LogP contribution is 2.37. The number of piperidine rings is 1. The van der Waals surface area contributed by atoms with Crippen LogP contribution in [0.25, 0.3) is 0 Å². The van der Waals surface area contributed by atoms with Crippen LogP contribution in [0, 0.1) is 24.2 Å². The fourth-order valence-electron chi connectivity index (χ4n) is 5.17. The van der Waals surface area contributed by atoms with Crippen molar-refractivity contribution in [3.63, 3.8) is 0 Å². The molecule has 2 aromatic heterocycles. The Morgan fingerprint density at radius 2 is 2.15 bits per heavy atom. The third kappa shape index (κ3) is 3.15. The fraction of sp³-hybridized carbons (Fsp3) is 0.545. The number of hydrogen-bond donors (Lipinski definition) is 0. The van der Waals surface area contributed by atoms with E-state index in [0.29, 0.717) is 6.04 Å². The van der Waals surface area contributed by atoms with Gasteiger partial charge in [-0.25, -0.2) is 4.98 Å². The van der Waals surface area contributed by atoms with E-state index in [9.17, 15) is 5.26 Å². The number of anilines is 1. The Bertz CT molecular complexity index is 896. The molecule has 0 amide bonds. The summed E-state index contributed by atoms with van der Waals surface area (Å²) in [4.78, 5) is 12.9. The second-order valence-corrected chi connectivity index (χ2v) is 9.65. The lowest BCUT2D eigenvalue weighted by Gasteiger charge is -2.39. The zero-order valence-electron chi connectivity index (χ0n) is 15.9. The van der Waals surface area contributed by atoms with Crippen LogP contribution in [0.1, 0.15) is 45.8 Å². The van der Waals surface area contributed by atoms with E-state index in [2.05, 4.69) is 41.0 Å². The van der Waals surface area contributed by atoms with Crippen LogP contribution >= 0.6 is 11.3 Å². The Morgan fingerprint density at radius 3 is 2.96 bits per heavy atom. The molecule has 27 heavy (non-hydrogen) atoms. The third-order valence-electron chi connectivity index (χ3n) is 6.55. The highest BCUT2D eigenvalue weighted by molar-refractivity contribution is 7.11. The van der Waals surface area contributed by atoms with Crippen LogP contribution in [-0.4, -0.2) is 35.6 Å². The monoisotopic (exact) mass is 378 g/mol. The van der Waals surface area contributed by atoms with Crippen LogP contribution < -0.4 is 4.90 Å². The molecule has 2 saturated heterocycles. The summed E-state index contributed by atoms with van der Waals surface area (Å²) >= 11 is 1.91. The van der Waals surface area contributed by atoms with Crippen molar-refractivity contribution in [1.29, 1.82) is 5.26 Å². The molecule has 0 spiro atoms. The smallest absolute Gasteiger partial charge is 0.147 e. The van der Waals surface area contributed by atoms with Crippen molar-refractivity contribution in [2.45, 2.75) is 51.6 Å². The molecule has 2 aliphatic heterocycles. The maximum absolute atomic E-state index is 9.73. The Labute approximate surface area is 165 Å². The first-order valence-corrected chi connectivity index (χ1v) is 11.0. The number of likely N-dealkylation sites (tertiary alicyclic amines) is 1. The van der Waals surface area contributed by atoms with Crippen molar-refractivity contribution in [3.05, 3.63) is 44.8 Å². The predicted octanol–water partition coefficient (Wildman–Crippen LogP) is 3.91. The van der Waals surface area contributed by atoms with Gasteiger partial charge in [0.05, 0.1) is 5.56 Å². The van der Waals surface area contributed by atoms with Crippen molar-refractivity contribution in [2.75, 3.05) is 24.5 Å². The van der Waals surface area contributed by atoms with Gasteiger partial charge in [-0.3, -0.25) is 4.90 Å². The average Bonchev–Trinajstić information content (AvgIpc) is 3.39. The highest BCUT2D eigenvalue weighted by Gasteiger charge is 2.40. The van der Waals surface area contributed by atoms with E-state index in [-0.39, 0.29) is 0 Å². The Morgan fingerprint density at radius 1 is 1.26 bits per heavy atom. The standard InChI is InChI=1S/C22H26N4S/c1-15-5-6-19(27-15)13-25-9-7-16-8-10-26(21(16)14-25)22-18(12-23)11-17-3-2-4-20(17)24-22/h5-6,11,16,21H,2-4,7-10,13-14H2,1H3. The molecule has 4 heterocycles. The molecule has 3 aliphatic rings. The van der Waals surface area contributed by atoms with Crippen LogP contribution in [0.3, 0.4) is 0 Å². The summed E-state index contributed by atoms with van der Waals surface area (Å²) in [5.74, 6) is 1.70. The van der Waals surface area contributed by atoms with E-state index < -0.39 is 0 Å². The largest absolute Gasteiger partial charge is 0.351 e. The molecule has 2 unspecified atom stereocenters. The lowest BCUT2D eigenvalue weighted by Crippen LogP contribution is -2.48. The second-order valence-electron chi connectivity index (χ2n) is 8.28. The van der Waals surface area contributed by atoms with Crippen LogP contribution in [0.4, 0.5) is 5.82 Å². The van der Waals surface area contributed by atoms with Gasteiger partial charge in [0.25, 0.3) is 0 Å². The number of thiophene rings is 1. The Hall–Kier alpha value is -1.90. The van der Waals surface area contributed by atoms with Crippen LogP contribution in [0.5, 0.6) is 0 Å². The lowest BCUT2D eigenvalue weighted by atomic mass is 9.92. The number of aromatic nitrogens is 1. The number of fused-ring (bicyclic) bond motifs is 2. The van der Waals surface area contributed by atoms with Gasteiger partial charge in [-0.2, -0.15) is 5.26 Å². The minimum atomic E-state index is 0.499. The first-order valence-electron chi connectivity index (χ1n) is 10.2. The molecule has 0 aromatic carbocycles. The van der Waals surface area contributed by atoms with E-state index in [1.54, 1.807) is 0 Å². The maximum atomic E-state index is 9.73. The Kier molecular flexibility index (Phi) is 4.41. The minimum absolute atomic E-state index is 0.499. The van der Waals surface area contributed by atoms with Gasteiger partial charge in [-0.15, -0.1) is 11.3 Å². The van der Waals surface area contributed by atoms with E-state index in [4.69, 9.17) is 4.98 Å². The van der Waals surface area contributed by atoms with Crippen molar-refractivity contribution in [1.82, 2.24) is 9.88 Å². The van der Waals surface area contributed by atoms with Gasteiger partial charge in [0.1, 0.15) is 11.9 Å². The minimum Gasteiger partial charge on any atom is -0.351 e. The fourth-order valence-corrected chi connectivity index (χ4v) is 6.10. The summed E-state index contributed by atoms with van der Waals surface area (Å²) < 4.78 is 0. The molecule has 1 aliphatic carbocycles. The molecule has 2 fully saturated rings. The van der Waals surface area contributed by atoms with E-state index in [0.717, 1.165) is 49.8 Å². The van der Waals surface area contributed by atoms with Crippen molar-refractivity contribution < 1.29 is 0 Å². The summed E-state index contributed by atoms with van der Waals surface area (Å²) in [6.07, 6.45) is 5.83. The normalized spacial score (nSPS) is 24.7. The predicted molar refractivity (Wildman–Crippen MR) is 109 cm³/mol. The lowest BCUT2D eigenvalue weighted by molar-refractivity contribution is 0.168. The van der Waals surface area contributed by atoms with Gasteiger partial charge < -0.3 is 4.90 Å². The van der Waals surface area contributed by atoms with Crippen molar-refractivity contribution in [2.24, 2.45) is 5.92 Å². The third-order valence-corrected chi connectivity index (χ3v) is 7.53. The van der Waals surface area contributed by atoms with E-state index in [1.807, 2.05) is 11.3 Å². The van der Waals surface area contributed by atoms with E-state index >= 15 is 0 Å². The summed E-state index contributed by atoms with van der Waals surface area (Å²) in [5.41, 5.74) is 3.31. The van der Waals surface area contributed by atoms with Gasteiger partial charge in [0.2, 0.25) is 0 Å². The molecular formula is C22H26N4S. The molecule has 0 saturated carbocycles.